The highest BCUT2D eigenvalue weighted by molar-refractivity contribution is 5.13. The van der Waals surface area contributed by atoms with Crippen molar-refractivity contribution in [3.63, 3.8) is 0 Å². The largest absolute Gasteiger partial charge is 1.00 e. The molecule has 0 saturated carbocycles. The summed E-state index contributed by atoms with van der Waals surface area (Å²) in [5, 5.41) is 0. The van der Waals surface area contributed by atoms with Crippen molar-refractivity contribution in [2.24, 2.45) is 0 Å². The zero-order valence-corrected chi connectivity index (χ0v) is 16.9. The van der Waals surface area contributed by atoms with Crippen molar-refractivity contribution in [1.29, 1.82) is 0 Å². The van der Waals surface area contributed by atoms with Crippen LogP contribution < -0.4 is 17.0 Å². The minimum Gasteiger partial charge on any atom is -1.00 e. The summed E-state index contributed by atoms with van der Waals surface area (Å²) in [5.41, 5.74) is 0.429. The first-order valence-electron chi connectivity index (χ1n) is 11.6. The average Bonchev–Trinajstić information content (AvgIpc) is 2.63. The van der Waals surface area contributed by atoms with Gasteiger partial charge in [-0.05, 0) is 12.8 Å². The summed E-state index contributed by atoms with van der Waals surface area (Å²) in [4.78, 5) is 0. The lowest BCUT2D eigenvalue weighted by molar-refractivity contribution is -0.903. The maximum absolute atomic E-state index is 8.08. The molecule has 1 aromatic rings. The Hall–Kier alpha value is -0.340. The highest BCUT2D eigenvalue weighted by Crippen LogP contribution is 2.13. The Labute approximate surface area is 162 Å². The van der Waals surface area contributed by atoms with E-state index in [1.807, 2.05) is 0 Å². The molecule has 0 amide bonds. The molecule has 0 aliphatic carbocycles. The van der Waals surface area contributed by atoms with Gasteiger partial charge >= 0.3 is 0 Å². The molecule has 2 heteroatoms. The number of unbranched alkanes of at least 4 members (excludes halogenated alkanes) is 9. The molecular formula is C21H38BrN. The van der Waals surface area contributed by atoms with E-state index in [1.54, 1.807) is 0 Å². The first kappa shape index (κ1) is 15.0. The molecule has 1 aromatic carbocycles. The second-order valence-electron chi connectivity index (χ2n) is 7.10. The van der Waals surface area contributed by atoms with Gasteiger partial charge in [-0.25, -0.2) is 0 Å². The smallest absolute Gasteiger partial charge is 0.104 e. The summed E-state index contributed by atoms with van der Waals surface area (Å²) >= 11 is 0. The fraction of sp³-hybridized carbons (Fsp3) is 0.714. The first-order valence-corrected chi connectivity index (χ1v) is 9.09. The van der Waals surface area contributed by atoms with Crippen LogP contribution in [0.1, 0.15) is 83.5 Å². The van der Waals surface area contributed by atoms with Gasteiger partial charge in [-0.3, -0.25) is 0 Å². The van der Waals surface area contributed by atoms with Gasteiger partial charge in [0.2, 0.25) is 0 Å². The van der Waals surface area contributed by atoms with E-state index in [1.165, 1.54) is 57.8 Å². The highest BCUT2D eigenvalue weighted by atomic mass is 79.9. The molecule has 23 heavy (non-hydrogen) atoms. The average molecular weight is 389 g/mol. The van der Waals surface area contributed by atoms with Crippen LogP contribution in [0.5, 0.6) is 0 Å². The van der Waals surface area contributed by atoms with Crippen LogP contribution in [0.2, 0.25) is 0 Å². The minimum absolute atomic E-state index is 0. The maximum atomic E-state index is 8.08. The number of halogens is 1. The molecule has 0 fully saturated rings. The van der Waals surface area contributed by atoms with Crippen molar-refractivity contribution in [2.75, 3.05) is 20.6 Å². The fourth-order valence-electron chi connectivity index (χ4n) is 2.89. The van der Waals surface area contributed by atoms with Crippen molar-refractivity contribution < 1.29 is 28.3 Å². The van der Waals surface area contributed by atoms with Crippen LogP contribution in [-0.4, -0.2) is 25.1 Å². The van der Waals surface area contributed by atoms with E-state index in [2.05, 4.69) is 21.0 Å². The number of hydrogen-bond acceptors (Lipinski definition) is 0. The number of benzene rings is 1. The molecule has 0 unspecified atom stereocenters. The molecule has 0 aliphatic rings. The van der Waals surface area contributed by atoms with E-state index >= 15 is 0 Å². The molecule has 1 nitrogen and oxygen atoms in total. The van der Waals surface area contributed by atoms with Crippen LogP contribution in [0.15, 0.2) is 30.2 Å². The van der Waals surface area contributed by atoms with Crippen LogP contribution >= 0.6 is 0 Å². The standard InChI is InChI=1S/C21H38N.BrH/c1-4-5-6-7-8-9-10-11-12-16-19-22(2,3)20-21-17-14-13-15-18-21;/h13-15,17-18H,4-12,16,19-20H2,1-3H3;1H/q+1;/p-1/i13D,14D,15D,17D,18D;. The first-order chi connectivity index (χ1) is 12.7. The molecule has 0 aromatic heterocycles. The van der Waals surface area contributed by atoms with Gasteiger partial charge in [0, 0.05) is 5.56 Å². The quantitative estimate of drug-likeness (QED) is 0.359. The molecule has 0 aliphatic heterocycles. The predicted octanol–water partition coefficient (Wildman–Crippen LogP) is 3.19. The summed E-state index contributed by atoms with van der Waals surface area (Å²) < 4.78 is 40.1. The molecular weight excluding hydrogens is 346 g/mol. The van der Waals surface area contributed by atoms with Gasteiger partial charge in [-0.1, -0.05) is 88.5 Å². The lowest BCUT2D eigenvalue weighted by atomic mass is 10.1. The predicted molar refractivity (Wildman–Crippen MR) is 99.0 cm³/mol. The van der Waals surface area contributed by atoms with Crippen LogP contribution in [0.4, 0.5) is 0 Å². The van der Waals surface area contributed by atoms with Crippen LogP contribution in [0, 0.1) is 0 Å². The Morgan fingerprint density at radius 3 is 1.78 bits per heavy atom. The van der Waals surface area contributed by atoms with Crippen molar-refractivity contribution in [1.82, 2.24) is 0 Å². The summed E-state index contributed by atoms with van der Waals surface area (Å²) in [5.74, 6) is 0. The van der Waals surface area contributed by atoms with E-state index < -0.39 is 0 Å². The Morgan fingerprint density at radius 2 is 1.26 bits per heavy atom. The van der Waals surface area contributed by atoms with Crippen molar-refractivity contribution in [3.05, 3.63) is 35.8 Å². The van der Waals surface area contributed by atoms with Crippen molar-refractivity contribution in [2.45, 2.75) is 77.7 Å². The number of nitrogens with zero attached hydrogens (tertiary/aromatic N) is 1. The summed E-state index contributed by atoms with van der Waals surface area (Å²) in [6, 6.07) is -0.894. The monoisotopic (exact) mass is 388 g/mol. The minimum atomic E-state index is -0.311. The van der Waals surface area contributed by atoms with Crippen LogP contribution in [0.25, 0.3) is 0 Å². The van der Waals surface area contributed by atoms with Crippen LogP contribution in [-0.2, 0) is 6.54 Å². The molecule has 0 N–H and O–H groups in total. The van der Waals surface area contributed by atoms with Crippen molar-refractivity contribution in [3.8, 4) is 0 Å². The topological polar surface area (TPSA) is 0 Å². The second-order valence-corrected chi connectivity index (χ2v) is 7.10. The molecule has 1 rings (SSSR count). The van der Waals surface area contributed by atoms with E-state index in [9.17, 15) is 0 Å². The van der Waals surface area contributed by atoms with Gasteiger partial charge in [0.15, 0.2) is 0 Å². The van der Waals surface area contributed by atoms with Gasteiger partial charge in [0.05, 0.1) is 27.5 Å². The Balaban J connectivity index is 0.00000729. The Morgan fingerprint density at radius 1 is 0.783 bits per heavy atom. The van der Waals surface area contributed by atoms with Gasteiger partial charge < -0.3 is 21.5 Å². The molecule has 0 spiro atoms. The van der Waals surface area contributed by atoms with Gasteiger partial charge in [-0.15, -0.1) is 0 Å². The van der Waals surface area contributed by atoms with Gasteiger partial charge in [0.25, 0.3) is 0 Å². The number of rotatable bonds is 13. The summed E-state index contributed by atoms with van der Waals surface area (Å²) in [7, 11) is 4.16. The number of quaternary nitrogens is 1. The molecule has 0 atom stereocenters. The van der Waals surface area contributed by atoms with Crippen LogP contribution in [0.3, 0.4) is 0 Å². The van der Waals surface area contributed by atoms with E-state index in [-0.39, 0.29) is 47.2 Å². The van der Waals surface area contributed by atoms with Gasteiger partial charge in [-0.2, -0.15) is 0 Å². The van der Waals surface area contributed by atoms with E-state index in [0.29, 0.717) is 16.6 Å². The zero-order valence-electron chi connectivity index (χ0n) is 20.3. The Bertz CT molecular complexity index is 564. The normalized spacial score (nSPS) is 14.3. The molecule has 0 radical (unpaired) electrons. The SMILES string of the molecule is [2H]c1c([2H])c([2H])c(C[N+](C)(C)CCCCCCCCCCCC)c([2H])c1[2H].[Br-]. The van der Waals surface area contributed by atoms with Gasteiger partial charge in [0.1, 0.15) is 6.54 Å². The third-order valence-corrected chi connectivity index (χ3v) is 4.25. The lowest BCUT2D eigenvalue weighted by Crippen LogP contribution is -3.00. The van der Waals surface area contributed by atoms with Crippen molar-refractivity contribution >= 4 is 0 Å². The third-order valence-electron chi connectivity index (χ3n) is 4.25. The molecule has 134 valence electrons. The Kier molecular flexibility index (Phi) is 9.13. The molecule has 0 heterocycles. The summed E-state index contributed by atoms with van der Waals surface area (Å²) in [6.07, 6.45) is 13.0. The third kappa shape index (κ3) is 12.7. The molecule has 0 saturated heterocycles. The zero-order chi connectivity index (χ0) is 20.4. The highest BCUT2D eigenvalue weighted by Gasteiger charge is 2.14. The van der Waals surface area contributed by atoms with E-state index in [0.717, 1.165) is 13.0 Å². The molecule has 0 bridgehead atoms. The maximum Gasteiger partial charge on any atom is 0.104 e. The second kappa shape index (κ2) is 14.0. The number of hydrogen-bond donors (Lipinski definition) is 0. The fourth-order valence-corrected chi connectivity index (χ4v) is 2.89. The van der Waals surface area contributed by atoms with E-state index in [4.69, 9.17) is 6.85 Å². The summed E-state index contributed by atoms with van der Waals surface area (Å²) in [6.45, 7) is 3.67. The lowest BCUT2D eigenvalue weighted by Gasteiger charge is -2.30.